The van der Waals surface area contributed by atoms with Gasteiger partial charge in [0.1, 0.15) is 24.2 Å². The molecule has 0 saturated carbocycles. The molecule has 2 atom stereocenters. The van der Waals surface area contributed by atoms with Gasteiger partial charge in [0.05, 0.1) is 24.6 Å². The summed E-state index contributed by atoms with van der Waals surface area (Å²) in [5, 5.41) is 9.85. The second kappa shape index (κ2) is 10.6. The van der Waals surface area contributed by atoms with Crippen LogP contribution in [0.4, 0.5) is 5.82 Å². The van der Waals surface area contributed by atoms with E-state index in [9.17, 15) is 9.59 Å². The Labute approximate surface area is 181 Å². The van der Waals surface area contributed by atoms with E-state index in [4.69, 9.17) is 5.26 Å². The van der Waals surface area contributed by atoms with E-state index in [1.54, 1.807) is 11.2 Å². The highest BCUT2D eigenvalue weighted by molar-refractivity contribution is 5.87. The van der Waals surface area contributed by atoms with Crippen LogP contribution in [0.2, 0.25) is 0 Å². The number of aromatic amines is 1. The second-order valence-corrected chi connectivity index (χ2v) is 7.71. The minimum absolute atomic E-state index is 0.0639. The number of H-pyrrole nitrogens is 1. The summed E-state index contributed by atoms with van der Waals surface area (Å²) in [6.45, 7) is 4.11. The number of aromatic nitrogens is 3. The van der Waals surface area contributed by atoms with Crippen LogP contribution < -0.4 is 4.90 Å². The zero-order chi connectivity index (χ0) is 22.2. The van der Waals surface area contributed by atoms with E-state index in [0.717, 1.165) is 29.7 Å². The molecule has 1 aliphatic heterocycles. The van der Waals surface area contributed by atoms with E-state index < -0.39 is 0 Å². The lowest BCUT2D eigenvalue weighted by Gasteiger charge is -2.43. The molecule has 9 heteroatoms. The molecule has 1 unspecified atom stereocenters. The number of methoxy groups -OCH3 is 1. The largest absolute Gasteiger partial charge is 0.466 e. The molecule has 1 saturated heterocycles. The molecule has 0 bridgehead atoms. The van der Waals surface area contributed by atoms with Crippen LogP contribution in [-0.4, -0.2) is 64.5 Å². The molecule has 0 radical (unpaired) electrons. The highest BCUT2D eigenvalue weighted by atomic mass is 16.5. The fourth-order valence-corrected chi connectivity index (χ4v) is 4.00. The summed E-state index contributed by atoms with van der Waals surface area (Å²) in [4.78, 5) is 39.7. The molecular formula is C22H28N6O3. The predicted molar refractivity (Wildman–Crippen MR) is 116 cm³/mol. The Balaban J connectivity index is 1.83. The van der Waals surface area contributed by atoms with Crippen molar-refractivity contribution in [3.05, 3.63) is 30.7 Å². The topological polar surface area (TPSA) is 115 Å². The average molecular weight is 425 g/mol. The zero-order valence-electron chi connectivity index (χ0n) is 18.0. The Morgan fingerprint density at radius 2 is 2.29 bits per heavy atom. The number of hydrogen-bond donors (Lipinski definition) is 1. The second-order valence-electron chi connectivity index (χ2n) is 7.71. The van der Waals surface area contributed by atoms with Crippen molar-refractivity contribution in [3.8, 4) is 6.07 Å². The van der Waals surface area contributed by atoms with E-state index >= 15 is 0 Å². The number of rotatable bonds is 8. The first-order chi connectivity index (χ1) is 15.0. The third kappa shape index (κ3) is 5.40. The number of nitriles is 1. The number of likely N-dealkylation sites (tertiary alicyclic amines) is 1. The lowest BCUT2D eigenvalue weighted by Crippen LogP contribution is -2.54. The van der Waals surface area contributed by atoms with E-state index in [-0.39, 0.29) is 24.3 Å². The Bertz CT molecular complexity index is 979. The molecule has 9 nitrogen and oxygen atoms in total. The number of carbonyl (C=O) groups excluding carboxylic acids is 2. The van der Waals surface area contributed by atoms with Crippen LogP contribution in [-0.2, 0) is 14.3 Å². The Morgan fingerprint density at radius 3 is 3.06 bits per heavy atom. The van der Waals surface area contributed by atoms with Crippen molar-refractivity contribution in [2.24, 2.45) is 5.92 Å². The van der Waals surface area contributed by atoms with Crippen LogP contribution in [0.25, 0.3) is 11.0 Å². The molecule has 0 aliphatic carbocycles. The van der Waals surface area contributed by atoms with Gasteiger partial charge < -0.3 is 19.5 Å². The number of unbranched alkanes of at least 4 members (excludes halogenated alkanes) is 1. The normalized spacial score (nSPS) is 18.8. The smallest absolute Gasteiger partial charge is 0.330 e. The summed E-state index contributed by atoms with van der Waals surface area (Å²) in [7, 11) is 1.36. The quantitative estimate of drug-likeness (QED) is 0.393. The third-order valence-electron chi connectivity index (χ3n) is 5.73. The van der Waals surface area contributed by atoms with Crippen molar-refractivity contribution in [1.82, 2.24) is 19.9 Å². The van der Waals surface area contributed by atoms with Crippen molar-refractivity contribution in [2.45, 2.75) is 38.6 Å². The number of nitrogens with one attached hydrogen (secondary N) is 1. The number of hydrogen-bond acceptors (Lipinski definition) is 7. The lowest BCUT2D eigenvalue weighted by molar-refractivity contribution is -0.135. The molecule has 31 heavy (non-hydrogen) atoms. The van der Waals surface area contributed by atoms with Gasteiger partial charge in [-0.2, -0.15) is 5.26 Å². The minimum Gasteiger partial charge on any atom is -0.466 e. The monoisotopic (exact) mass is 424 g/mol. The van der Waals surface area contributed by atoms with Crippen LogP contribution in [0.5, 0.6) is 0 Å². The van der Waals surface area contributed by atoms with Crippen LogP contribution in [0, 0.1) is 17.2 Å². The predicted octanol–water partition coefficient (Wildman–Crippen LogP) is 2.42. The highest BCUT2D eigenvalue weighted by Crippen LogP contribution is 2.30. The highest BCUT2D eigenvalue weighted by Gasteiger charge is 2.34. The summed E-state index contributed by atoms with van der Waals surface area (Å²) >= 11 is 0. The van der Waals surface area contributed by atoms with Gasteiger partial charge in [0.25, 0.3) is 0 Å². The number of ether oxygens (including phenoxy) is 1. The fraction of sp³-hybridized carbons (Fsp3) is 0.500. The molecule has 2 aromatic heterocycles. The molecule has 0 aromatic carbocycles. The first kappa shape index (κ1) is 22.3. The maximum absolute atomic E-state index is 12.4. The summed E-state index contributed by atoms with van der Waals surface area (Å²) in [6.07, 6.45) is 8.91. The Hall–Kier alpha value is -3.41. The number of anilines is 1. The number of fused-ring (bicyclic) bond motifs is 1. The molecule has 2 aromatic rings. The lowest BCUT2D eigenvalue weighted by atomic mass is 9.91. The van der Waals surface area contributed by atoms with Gasteiger partial charge in [-0.25, -0.2) is 14.8 Å². The summed E-state index contributed by atoms with van der Waals surface area (Å²) in [5.41, 5.74) is 0.765. The number of amides is 1. The summed E-state index contributed by atoms with van der Waals surface area (Å²) < 4.78 is 4.63. The molecule has 164 valence electrons. The molecule has 1 N–H and O–H groups in total. The maximum atomic E-state index is 12.4. The molecule has 1 aliphatic rings. The number of carbonyl (C=O) groups is 2. The van der Waals surface area contributed by atoms with E-state index in [0.29, 0.717) is 32.0 Å². The summed E-state index contributed by atoms with van der Waals surface area (Å²) in [5.74, 6) is 0.680. The van der Waals surface area contributed by atoms with Gasteiger partial charge in [0, 0.05) is 31.9 Å². The number of piperidine rings is 1. The molecule has 3 heterocycles. The molecule has 0 spiro atoms. The van der Waals surface area contributed by atoms with E-state index in [2.05, 4.69) is 31.5 Å². The van der Waals surface area contributed by atoms with Crippen LogP contribution in [0.1, 0.15) is 32.6 Å². The van der Waals surface area contributed by atoms with Gasteiger partial charge >= 0.3 is 5.97 Å². The van der Waals surface area contributed by atoms with Gasteiger partial charge in [0.15, 0.2) is 0 Å². The van der Waals surface area contributed by atoms with Gasteiger partial charge in [-0.3, -0.25) is 4.79 Å². The standard InChI is InChI=1S/C22H28N6O3/c1-16-9-13-27(19(29)7-10-23)14-18(16)28(12-5-3-4-6-20(30)31-2)22-17-8-11-24-21(17)25-15-26-22/h4,6,8,11,15-16,18H,3,5,7,9,12-14H2,1-2H3,(H,24,25,26)/b6-4+/t16-,18?/m1/s1. The third-order valence-corrected chi connectivity index (χ3v) is 5.73. The van der Waals surface area contributed by atoms with Crippen molar-refractivity contribution < 1.29 is 14.3 Å². The maximum Gasteiger partial charge on any atom is 0.330 e. The van der Waals surface area contributed by atoms with Gasteiger partial charge in [-0.05, 0) is 31.2 Å². The first-order valence-corrected chi connectivity index (χ1v) is 10.5. The average Bonchev–Trinajstić information content (AvgIpc) is 3.26. The zero-order valence-corrected chi connectivity index (χ0v) is 18.0. The number of allylic oxidation sites excluding steroid dienone is 1. The van der Waals surface area contributed by atoms with Crippen molar-refractivity contribution in [3.63, 3.8) is 0 Å². The Kier molecular flexibility index (Phi) is 7.60. The van der Waals surface area contributed by atoms with E-state index in [1.165, 1.54) is 13.2 Å². The summed E-state index contributed by atoms with van der Waals surface area (Å²) in [6, 6.07) is 3.98. The van der Waals surface area contributed by atoms with Gasteiger partial charge in [-0.1, -0.05) is 13.0 Å². The van der Waals surface area contributed by atoms with Crippen molar-refractivity contribution in [2.75, 3.05) is 31.6 Å². The molecule has 1 amide bonds. The Morgan fingerprint density at radius 1 is 1.45 bits per heavy atom. The minimum atomic E-state index is -0.366. The molecule has 1 fully saturated rings. The van der Waals surface area contributed by atoms with Crippen molar-refractivity contribution in [1.29, 1.82) is 5.26 Å². The van der Waals surface area contributed by atoms with Gasteiger partial charge in [-0.15, -0.1) is 0 Å². The van der Waals surface area contributed by atoms with E-state index in [1.807, 2.05) is 24.4 Å². The van der Waals surface area contributed by atoms with Crippen LogP contribution in [0.15, 0.2) is 30.7 Å². The van der Waals surface area contributed by atoms with Crippen LogP contribution in [0.3, 0.4) is 0 Å². The van der Waals surface area contributed by atoms with Crippen molar-refractivity contribution >= 4 is 28.7 Å². The SMILES string of the molecule is COC(=O)/C=C/CCCN(c1ncnc2[nH]ccc12)C1CN(C(=O)CC#N)CC[C@H]1C. The molecule has 3 rings (SSSR count). The van der Waals surface area contributed by atoms with Gasteiger partial charge in [0.2, 0.25) is 5.91 Å². The van der Waals surface area contributed by atoms with Crippen LogP contribution >= 0.6 is 0 Å². The first-order valence-electron chi connectivity index (χ1n) is 10.5. The fourth-order valence-electron chi connectivity index (χ4n) is 4.00. The molecular weight excluding hydrogens is 396 g/mol. The number of nitrogens with zero attached hydrogens (tertiary/aromatic N) is 5. The number of esters is 1.